The predicted molar refractivity (Wildman–Crippen MR) is 522 cm³/mol. The van der Waals surface area contributed by atoms with E-state index in [1.54, 1.807) is 6.20 Å². The Labute approximate surface area is 810 Å². The number of pyridine rings is 6. The molecule has 645 valence electrons. The van der Waals surface area contributed by atoms with Crippen LogP contribution < -0.4 is 4.74 Å². The molecule has 0 saturated heterocycles. The SMILES string of the molecule is CC(C)c1ccnc(-c2[c-]cccc2)c1.Cc1ccc(-c2[c-]cccc2)nc1.Cc1ccc(-c2[c-]cccc2)nc1.Cc1ccc2c(c1)-c1ccccc1-c1cc(-c3cc(C(C)(C)C)ccn3)[c-]cc1S2.Cc1ccc2c(c1)Sc1c[c-]c(-c3cc(CC(C)C)ccn3)cc1-c1ccccc1-2.[Ir].[Ir].[Ir].[c-]1cc2c(cc1-c1ccccn1)-c1ccccc1-c1ccccc1O2. The van der Waals surface area contributed by atoms with Crippen LogP contribution in [-0.4, -0.2) is 29.9 Å². The molecule has 7 nitrogen and oxygen atoms in total. The zero-order chi connectivity index (χ0) is 87.0. The van der Waals surface area contributed by atoms with Crippen LogP contribution in [0.5, 0.6) is 11.5 Å². The van der Waals surface area contributed by atoms with Gasteiger partial charge in [-0.25, -0.2) is 0 Å². The fraction of sp³-hybridized carbons (Fsp3) is 0.128. The van der Waals surface area contributed by atoms with Crippen molar-refractivity contribution in [2.24, 2.45) is 5.92 Å². The number of hydrogen-bond acceptors (Lipinski definition) is 9. The average molecular weight is 2240 g/mol. The van der Waals surface area contributed by atoms with Gasteiger partial charge in [0.1, 0.15) is 5.75 Å². The summed E-state index contributed by atoms with van der Waals surface area (Å²) in [6.07, 6.45) is 12.3. The Morgan fingerprint density at radius 2 is 0.721 bits per heavy atom. The summed E-state index contributed by atoms with van der Waals surface area (Å²) in [5.41, 5.74) is 35.7. The molecule has 0 saturated carbocycles. The monoisotopic (exact) mass is 2240 g/mol. The van der Waals surface area contributed by atoms with E-state index in [9.17, 15) is 0 Å². The second-order valence-corrected chi connectivity index (χ2v) is 35.4. The van der Waals surface area contributed by atoms with E-state index in [0.29, 0.717) is 11.8 Å². The van der Waals surface area contributed by atoms with Gasteiger partial charge < -0.3 is 34.6 Å². The molecule has 3 aliphatic heterocycles. The van der Waals surface area contributed by atoms with E-state index in [0.717, 1.165) is 102 Å². The number of ether oxygens (including phenoxy) is 1. The van der Waals surface area contributed by atoms with E-state index in [2.05, 4.69) is 323 Å². The van der Waals surface area contributed by atoms with E-state index < -0.39 is 0 Å². The van der Waals surface area contributed by atoms with Crippen molar-refractivity contribution in [2.75, 3.05) is 0 Å². The molecule has 0 N–H and O–H groups in total. The summed E-state index contributed by atoms with van der Waals surface area (Å²) in [5.74, 6) is 2.85. The molecule has 0 unspecified atom stereocenters. The van der Waals surface area contributed by atoms with Crippen LogP contribution in [0.15, 0.2) is 378 Å². The fourth-order valence-corrected chi connectivity index (χ4v) is 17.5. The Kier molecular flexibility index (Phi) is 32.5. The van der Waals surface area contributed by atoms with E-state index in [1.165, 1.54) is 109 Å². The van der Waals surface area contributed by atoms with Gasteiger partial charge in [0.15, 0.2) is 0 Å². The van der Waals surface area contributed by atoms with Crippen LogP contribution in [0, 0.1) is 70.0 Å². The fourth-order valence-electron chi connectivity index (χ4n) is 15.3. The first-order chi connectivity index (χ1) is 61.4. The number of aryl methyl sites for hydroxylation is 4. The predicted octanol–water partition coefficient (Wildman–Crippen LogP) is 31.2. The van der Waals surface area contributed by atoms with Crippen molar-refractivity contribution >= 4 is 23.5 Å². The molecule has 6 aromatic heterocycles. The minimum Gasteiger partial charge on any atom is -0.500 e. The number of para-hydroxylation sites is 1. The third kappa shape index (κ3) is 23.5. The van der Waals surface area contributed by atoms with Gasteiger partial charge in [0.2, 0.25) is 0 Å². The quantitative estimate of drug-likeness (QED) is 0.131. The van der Waals surface area contributed by atoms with Crippen molar-refractivity contribution in [1.82, 2.24) is 29.9 Å². The van der Waals surface area contributed by atoms with Crippen LogP contribution >= 0.6 is 23.5 Å². The molecule has 0 aliphatic carbocycles. The number of nitrogens with zero attached hydrogens (tertiary/aromatic N) is 6. The smallest absolute Gasteiger partial charge is 0.122 e. The zero-order valence-corrected chi connectivity index (χ0v) is 82.7. The molecule has 12 aromatic carbocycles. The maximum atomic E-state index is 6.22. The first-order valence-electron chi connectivity index (χ1n) is 42.7. The number of rotatable bonds is 9. The largest absolute Gasteiger partial charge is 0.500 e. The summed E-state index contributed by atoms with van der Waals surface area (Å²) in [6, 6.07) is 131. The van der Waals surface area contributed by atoms with Crippen molar-refractivity contribution in [3.8, 4) is 146 Å². The first kappa shape index (κ1) is 94.6. The zero-order valence-electron chi connectivity index (χ0n) is 73.8. The van der Waals surface area contributed by atoms with E-state index in [1.807, 2.05) is 196 Å². The summed E-state index contributed by atoms with van der Waals surface area (Å²) in [4.78, 5) is 31.8. The second kappa shape index (κ2) is 44.3. The number of hydrogen-bond donors (Lipinski definition) is 0. The molecular weight excluding hydrogens is 2150 g/mol. The standard InChI is InChI=1S/2C28H24NS.C23H14NO.C14H14N.2C12H10N.3Ir/c1-18-9-11-26-23(15-18)21-7-5-6-8-22(21)24-16-19(10-12-27(24)30-26)25-17-20(13-14-29-25)28(2,3)4;1-18(2)14-20-12-13-29-26(16-20)21-9-11-27-25(17-21)23-7-5-4-6-22(23)24-10-8-19(3)15-28(24)30-27;1-2-8-18-17(7-1)19-9-3-4-11-22(19)25-23-13-12-16(15-20(18)23)21-10-5-6-14-24-21;1-11(2)13-8-9-15-14(10-13)12-6-4-3-5-7-12;2*1-10-7-8-12(13-9-10)11-5-3-2-4-6-11;;;/h5-9,11-17H,1-4H3;4-8,10-13,15-18H,14H2,1-3H3;1-11,13-15H;3-6,8-11H,1-2H3;2*2-5,7-9H,1H3;;;/q6*-1;;;. The summed E-state index contributed by atoms with van der Waals surface area (Å²) in [5, 5.41) is 0. The molecule has 3 radical (unpaired) electrons. The van der Waals surface area contributed by atoms with Crippen LogP contribution in [0.3, 0.4) is 0 Å². The van der Waals surface area contributed by atoms with Crippen LogP contribution in [0.2, 0.25) is 0 Å². The molecule has 0 spiro atoms. The van der Waals surface area contributed by atoms with Crippen LogP contribution in [-0.2, 0) is 72.2 Å². The molecule has 9 heterocycles. The van der Waals surface area contributed by atoms with Gasteiger partial charge in [-0.05, 0) is 195 Å². The molecule has 0 bridgehead atoms. The number of benzene rings is 12. The normalized spacial score (nSPS) is 11.2. The van der Waals surface area contributed by atoms with Gasteiger partial charge in [-0.1, -0.05) is 261 Å². The molecule has 129 heavy (non-hydrogen) atoms. The summed E-state index contributed by atoms with van der Waals surface area (Å²) in [6.45, 7) is 24.0. The molecule has 12 heteroatoms. The Hall–Kier alpha value is -12.0. The molecule has 0 fully saturated rings. The molecule has 21 rings (SSSR count). The number of aromatic nitrogens is 6. The van der Waals surface area contributed by atoms with Gasteiger partial charge in [0.05, 0.1) is 5.75 Å². The van der Waals surface area contributed by atoms with Gasteiger partial charge in [-0.15, -0.1) is 202 Å². The van der Waals surface area contributed by atoms with E-state index in [4.69, 9.17) is 4.74 Å². The molecular formula is C117H96Ir3N6OS2-6. The Morgan fingerprint density at radius 3 is 1.25 bits per heavy atom. The van der Waals surface area contributed by atoms with Crippen LogP contribution in [0.4, 0.5) is 0 Å². The molecule has 0 amide bonds. The molecule has 3 aliphatic rings. The average Bonchev–Trinajstić information content (AvgIpc) is 1.64. The Balaban J connectivity index is 0.000000136. The van der Waals surface area contributed by atoms with Crippen molar-refractivity contribution in [3.63, 3.8) is 0 Å². The van der Waals surface area contributed by atoms with E-state index >= 15 is 0 Å². The Bertz CT molecular complexity index is 6730. The topological polar surface area (TPSA) is 86.6 Å². The summed E-state index contributed by atoms with van der Waals surface area (Å²) < 4.78 is 6.22. The minimum atomic E-state index is 0. The molecule has 18 aromatic rings. The van der Waals surface area contributed by atoms with Gasteiger partial charge in [0.25, 0.3) is 0 Å². The first-order valence-corrected chi connectivity index (χ1v) is 44.4. The Morgan fingerprint density at radius 1 is 0.295 bits per heavy atom. The summed E-state index contributed by atoms with van der Waals surface area (Å²) in [7, 11) is 0. The van der Waals surface area contributed by atoms with E-state index in [-0.39, 0.29) is 65.7 Å². The van der Waals surface area contributed by atoms with Gasteiger partial charge in [-0.3, -0.25) is 0 Å². The maximum Gasteiger partial charge on any atom is 0.122 e. The maximum absolute atomic E-state index is 6.22. The van der Waals surface area contributed by atoms with Gasteiger partial charge in [0, 0.05) is 113 Å². The van der Waals surface area contributed by atoms with Gasteiger partial charge in [-0.2, -0.15) is 0 Å². The van der Waals surface area contributed by atoms with Crippen LogP contribution in [0.25, 0.3) is 134 Å². The van der Waals surface area contributed by atoms with Crippen molar-refractivity contribution in [1.29, 1.82) is 0 Å². The summed E-state index contributed by atoms with van der Waals surface area (Å²) >= 11 is 3.67. The third-order valence-corrected chi connectivity index (χ3v) is 24.1. The van der Waals surface area contributed by atoms with Crippen molar-refractivity contribution < 1.29 is 65.1 Å². The van der Waals surface area contributed by atoms with Crippen molar-refractivity contribution in [2.45, 2.75) is 113 Å². The molecule has 0 atom stereocenters. The third-order valence-electron chi connectivity index (χ3n) is 21.9. The second-order valence-electron chi connectivity index (χ2n) is 33.3. The minimum absolute atomic E-state index is 0. The van der Waals surface area contributed by atoms with Gasteiger partial charge >= 0.3 is 0 Å². The van der Waals surface area contributed by atoms with Crippen LogP contribution in [0.1, 0.15) is 93.3 Å². The number of fused-ring (bicyclic) bond motifs is 15. The van der Waals surface area contributed by atoms with Crippen molar-refractivity contribution in [3.05, 3.63) is 434 Å².